The molecule has 0 unspecified atom stereocenters. The molecule has 5 nitrogen and oxygen atoms in total. The summed E-state index contributed by atoms with van der Waals surface area (Å²) in [6.07, 6.45) is 0. The van der Waals surface area contributed by atoms with E-state index < -0.39 is 22.5 Å². The van der Waals surface area contributed by atoms with Gasteiger partial charge in [0, 0.05) is 26.2 Å². The topological polar surface area (TPSA) is 57.7 Å². The highest BCUT2D eigenvalue weighted by molar-refractivity contribution is 6.56. The van der Waals surface area contributed by atoms with E-state index in [0.29, 0.717) is 43.0 Å². The molecule has 22 heavy (non-hydrogen) atoms. The van der Waals surface area contributed by atoms with Crippen molar-refractivity contribution in [1.29, 1.82) is 0 Å². The number of piperazine rings is 1. The predicted octanol–water partition coefficient (Wildman–Crippen LogP) is 0.499. The molecule has 110 valence electrons. The average Bonchev–Trinajstić information content (AvgIpc) is 2.53. The number of anilines is 1. The monoisotopic (exact) mass is 298 g/mol. The number of hydrogen-bond acceptors (Lipinski definition) is 4. The molecule has 0 atom stereocenters. The fourth-order valence-electron chi connectivity index (χ4n) is 2.72. The molecule has 0 bridgehead atoms. The Morgan fingerprint density at radius 1 is 1.00 bits per heavy atom. The predicted molar refractivity (Wildman–Crippen MR) is 81.7 cm³/mol. The first-order valence-electron chi connectivity index (χ1n) is 6.87. The molecule has 0 N–H and O–H groups in total. The maximum Gasteiger partial charge on any atom is 0.250 e. The summed E-state index contributed by atoms with van der Waals surface area (Å²) in [4.78, 5) is 38.1. The molecule has 1 heterocycles. The highest BCUT2D eigenvalue weighted by atomic mass is 19.1. The molecule has 1 aliphatic rings. The van der Waals surface area contributed by atoms with Gasteiger partial charge in [0.2, 0.25) is 18.7 Å². The van der Waals surface area contributed by atoms with Gasteiger partial charge >= 0.3 is 0 Å². The van der Waals surface area contributed by atoms with Gasteiger partial charge in [-0.25, -0.2) is 4.39 Å². The second-order valence-electron chi connectivity index (χ2n) is 5.20. The number of rotatable bonds is 2. The first-order chi connectivity index (χ1) is 10.5. The van der Waals surface area contributed by atoms with Crippen LogP contribution in [0.4, 0.5) is 14.9 Å². The molecule has 7 heteroatoms. The normalized spacial score (nSPS) is 15.3. The molecule has 1 saturated heterocycles. The number of amides is 1. The van der Waals surface area contributed by atoms with Crippen molar-refractivity contribution < 1.29 is 9.18 Å². The summed E-state index contributed by atoms with van der Waals surface area (Å²) in [6.45, 7) is 1.66. The smallest absolute Gasteiger partial charge is 0.250 e. The second-order valence-corrected chi connectivity index (χ2v) is 5.20. The summed E-state index contributed by atoms with van der Waals surface area (Å²) in [6, 6.07) is 5.46. The van der Waals surface area contributed by atoms with Crippen LogP contribution in [-0.4, -0.2) is 44.7 Å². The van der Waals surface area contributed by atoms with Gasteiger partial charge in [-0.15, -0.1) is 0 Å². The Labute approximate surface area is 127 Å². The number of carbonyl (C=O) groups excluding carboxylic acids is 1. The van der Waals surface area contributed by atoms with Crippen LogP contribution in [0.25, 0.3) is 11.1 Å². The SMILES string of the molecule is [B]C(=O)N1CCN(c2c(-c3ccc(F)cc3)c(=O)c2=O)CC1. The highest BCUT2D eigenvalue weighted by Crippen LogP contribution is 2.27. The van der Waals surface area contributed by atoms with Crippen molar-refractivity contribution >= 4 is 19.3 Å². The molecule has 2 radical (unpaired) electrons. The summed E-state index contributed by atoms with van der Waals surface area (Å²) in [7, 11) is 5.22. The lowest BCUT2D eigenvalue weighted by Crippen LogP contribution is -2.52. The van der Waals surface area contributed by atoms with Gasteiger partial charge in [0.25, 0.3) is 0 Å². The van der Waals surface area contributed by atoms with Crippen LogP contribution < -0.4 is 15.8 Å². The van der Waals surface area contributed by atoms with Crippen LogP contribution >= 0.6 is 0 Å². The Kier molecular flexibility index (Phi) is 3.56. The van der Waals surface area contributed by atoms with Gasteiger partial charge < -0.3 is 9.80 Å². The third kappa shape index (κ3) is 2.32. The van der Waals surface area contributed by atoms with Gasteiger partial charge in [0.15, 0.2) is 5.81 Å². The van der Waals surface area contributed by atoms with E-state index in [9.17, 15) is 18.8 Å². The van der Waals surface area contributed by atoms with Gasteiger partial charge in [-0.2, -0.15) is 0 Å². The molecule has 0 spiro atoms. The van der Waals surface area contributed by atoms with Crippen molar-refractivity contribution in [2.24, 2.45) is 0 Å². The highest BCUT2D eigenvalue weighted by Gasteiger charge is 2.29. The van der Waals surface area contributed by atoms with E-state index in [1.807, 2.05) is 0 Å². The fraction of sp³-hybridized carbons (Fsp3) is 0.267. The Hall–Kier alpha value is -2.44. The van der Waals surface area contributed by atoms with E-state index in [4.69, 9.17) is 7.85 Å². The molecule has 0 saturated carbocycles. The lowest BCUT2D eigenvalue weighted by molar-refractivity contribution is 0.218. The maximum atomic E-state index is 13.0. The summed E-state index contributed by atoms with van der Waals surface area (Å²) in [5, 5.41) is 0. The number of carbonyl (C=O) groups is 1. The lowest BCUT2D eigenvalue weighted by atomic mass is 9.97. The molecule has 1 aliphatic heterocycles. The Morgan fingerprint density at radius 3 is 2.14 bits per heavy atom. The quantitative estimate of drug-likeness (QED) is 0.598. The Morgan fingerprint density at radius 2 is 1.59 bits per heavy atom. The molecular formula is C15H12BFN2O3. The first kappa shape index (κ1) is 14.5. The number of benzene rings is 1. The zero-order valence-corrected chi connectivity index (χ0v) is 11.7. The van der Waals surface area contributed by atoms with Gasteiger partial charge in [0.1, 0.15) is 11.5 Å². The zero-order chi connectivity index (χ0) is 15.9. The molecule has 2 aromatic carbocycles. The second kappa shape index (κ2) is 5.40. The molecule has 0 aliphatic carbocycles. The summed E-state index contributed by atoms with van der Waals surface area (Å²) < 4.78 is 13.0. The van der Waals surface area contributed by atoms with Crippen LogP contribution in [0.3, 0.4) is 0 Å². The average molecular weight is 298 g/mol. The van der Waals surface area contributed by atoms with Crippen LogP contribution in [0.2, 0.25) is 0 Å². The minimum absolute atomic E-state index is 0.317. The standard InChI is InChI=1S/C15H12BFN2O3/c16-15(22)19-7-5-18(6-8-19)12-11(13(20)14(12)21)9-1-3-10(17)4-2-9/h1-4H,5-8H2. The van der Waals surface area contributed by atoms with Gasteiger partial charge in [-0.05, 0) is 17.7 Å². The zero-order valence-electron chi connectivity index (χ0n) is 11.7. The Bertz CT molecular complexity index is 788. The van der Waals surface area contributed by atoms with Crippen LogP contribution in [-0.2, 0) is 0 Å². The fourth-order valence-corrected chi connectivity index (χ4v) is 2.72. The minimum Gasteiger partial charge on any atom is -0.364 e. The molecular weight excluding hydrogens is 286 g/mol. The van der Waals surface area contributed by atoms with Crippen LogP contribution in [0.5, 0.6) is 0 Å². The molecule has 3 rings (SSSR count). The van der Waals surface area contributed by atoms with Crippen molar-refractivity contribution in [2.45, 2.75) is 0 Å². The maximum absolute atomic E-state index is 13.0. The molecule has 1 fully saturated rings. The minimum atomic E-state index is -0.557. The first-order valence-corrected chi connectivity index (χ1v) is 6.87. The van der Waals surface area contributed by atoms with E-state index in [0.717, 1.165) is 0 Å². The van der Waals surface area contributed by atoms with Crippen molar-refractivity contribution in [3.63, 3.8) is 0 Å². The summed E-state index contributed by atoms with van der Waals surface area (Å²) >= 11 is 0. The molecule has 2 aromatic rings. The van der Waals surface area contributed by atoms with Crippen LogP contribution in [0, 0.1) is 5.82 Å². The lowest BCUT2D eigenvalue weighted by Gasteiger charge is -2.37. The van der Waals surface area contributed by atoms with Crippen molar-refractivity contribution in [2.75, 3.05) is 31.1 Å². The van der Waals surface area contributed by atoms with Crippen LogP contribution in [0.15, 0.2) is 33.9 Å². The molecule has 1 amide bonds. The van der Waals surface area contributed by atoms with Crippen LogP contribution in [0.1, 0.15) is 0 Å². The van der Waals surface area contributed by atoms with Crippen molar-refractivity contribution in [1.82, 2.24) is 4.90 Å². The van der Waals surface area contributed by atoms with Gasteiger partial charge in [-0.3, -0.25) is 14.4 Å². The number of hydrogen-bond donors (Lipinski definition) is 0. The number of halogens is 1. The Balaban J connectivity index is 1.89. The van der Waals surface area contributed by atoms with Gasteiger partial charge in [-0.1, -0.05) is 12.1 Å². The van der Waals surface area contributed by atoms with Crippen molar-refractivity contribution in [3.8, 4) is 11.1 Å². The molecule has 0 aromatic heterocycles. The third-order valence-corrected chi connectivity index (χ3v) is 3.93. The summed E-state index contributed by atoms with van der Waals surface area (Å²) in [5.74, 6) is -0.900. The van der Waals surface area contributed by atoms with E-state index in [2.05, 4.69) is 0 Å². The van der Waals surface area contributed by atoms with E-state index in [1.165, 1.54) is 29.2 Å². The third-order valence-electron chi connectivity index (χ3n) is 3.93. The summed E-state index contributed by atoms with van der Waals surface area (Å²) in [5.41, 5.74) is 0.0994. The van der Waals surface area contributed by atoms with E-state index >= 15 is 0 Å². The largest absolute Gasteiger partial charge is 0.364 e. The van der Waals surface area contributed by atoms with E-state index in [1.54, 1.807) is 4.90 Å². The van der Waals surface area contributed by atoms with Gasteiger partial charge in [0.05, 0.1) is 5.56 Å². The van der Waals surface area contributed by atoms with E-state index in [-0.39, 0.29) is 0 Å². The van der Waals surface area contributed by atoms with Crippen molar-refractivity contribution in [3.05, 3.63) is 50.5 Å². The number of nitrogens with zero attached hydrogens (tertiary/aromatic N) is 2.